The van der Waals surface area contributed by atoms with Crippen molar-refractivity contribution in [3.05, 3.63) is 139 Å². The van der Waals surface area contributed by atoms with Gasteiger partial charge in [-0.2, -0.15) is 0 Å². The van der Waals surface area contributed by atoms with E-state index in [4.69, 9.17) is 21.1 Å². The van der Waals surface area contributed by atoms with E-state index >= 15 is 0 Å². The lowest BCUT2D eigenvalue weighted by molar-refractivity contribution is -0.394. The van der Waals surface area contributed by atoms with Gasteiger partial charge in [0.1, 0.15) is 5.75 Å². The largest absolute Gasteiger partial charge is 0.450 e. The molecular weight excluding hydrogens is 516 g/mol. The maximum atomic E-state index is 13.2. The maximum absolute atomic E-state index is 13.2. The monoisotopic (exact) mass is 532 g/mol. The summed E-state index contributed by atoms with van der Waals surface area (Å²) in [5.41, 5.74) is -0.346. The number of carbonyl (C=O) groups is 2. The van der Waals surface area contributed by atoms with Crippen LogP contribution < -0.4 is 4.74 Å². The molecule has 0 N–H and O–H groups in total. The predicted molar refractivity (Wildman–Crippen MR) is 137 cm³/mol. The smallest absolute Gasteiger partial charge is 0.339 e. The minimum atomic E-state index is -1.28. The van der Waals surface area contributed by atoms with E-state index in [1.165, 1.54) is 24.3 Å². The number of rotatable bonds is 9. The molecule has 0 fully saturated rings. The van der Waals surface area contributed by atoms with Gasteiger partial charge < -0.3 is 9.47 Å². The fourth-order valence-electron chi connectivity index (χ4n) is 3.50. The summed E-state index contributed by atoms with van der Waals surface area (Å²) < 4.78 is 11.2. The average molecular weight is 533 g/mol. The summed E-state index contributed by atoms with van der Waals surface area (Å²) in [6.45, 7) is 0. The topological polar surface area (TPSA) is 139 Å². The van der Waals surface area contributed by atoms with Gasteiger partial charge in [-0.3, -0.25) is 25.0 Å². The first kappa shape index (κ1) is 26.0. The van der Waals surface area contributed by atoms with Gasteiger partial charge in [0.05, 0.1) is 21.5 Å². The van der Waals surface area contributed by atoms with Crippen LogP contribution in [0.25, 0.3) is 0 Å². The van der Waals surface area contributed by atoms with Crippen LogP contribution in [0.15, 0.2) is 97.1 Å². The number of nitrogens with zero attached hydrogens (tertiary/aromatic N) is 2. The fraction of sp³-hybridized carbons (Fsp3) is 0.0370. The number of nitro groups is 2. The first-order chi connectivity index (χ1) is 18.2. The van der Waals surface area contributed by atoms with Crippen LogP contribution in [0.2, 0.25) is 5.02 Å². The van der Waals surface area contributed by atoms with Crippen LogP contribution in [0.4, 0.5) is 11.4 Å². The Balaban J connectivity index is 1.61. The van der Waals surface area contributed by atoms with E-state index in [9.17, 15) is 29.8 Å². The van der Waals surface area contributed by atoms with Gasteiger partial charge in [-0.1, -0.05) is 60.1 Å². The Morgan fingerprint density at radius 1 is 0.763 bits per heavy atom. The first-order valence-corrected chi connectivity index (χ1v) is 11.4. The third-order valence-electron chi connectivity index (χ3n) is 5.34. The Bertz CT molecular complexity index is 1520. The molecule has 0 unspecified atom stereocenters. The predicted octanol–water partition coefficient (Wildman–Crippen LogP) is 6.73. The van der Waals surface area contributed by atoms with Crippen LogP contribution >= 0.6 is 11.6 Å². The van der Waals surface area contributed by atoms with Gasteiger partial charge >= 0.3 is 11.7 Å². The molecule has 0 aliphatic rings. The number of esters is 1. The van der Waals surface area contributed by atoms with Crippen LogP contribution in [0.1, 0.15) is 32.4 Å². The standard InChI is InChI=1S/C27H17ClN2O8/c28-20-11-9-18(10-12-20)26(25(31)17-5-2-1-3-6-17)38-27(32)19-7-4-8-22(15-19)37-24-14-13-21(29(33)34)16-23(24)30(35)36/h1-16,26H/t26-/m1/s1. The molecule has 4 aromatic carbocycles. The zero-order chi connectivity index (χ0) is 27.2. The molecule has 11 heteroatoms. The Hall–Kier alpha value is -5.09. The summed E-state index contributed by atoms with van der Waals surface area (Å²) in [7, 11) is 0. The van der Waals surface area contributed by atoms with Crippen LogP contribution in [-0.2, 0) is 4.74 Å². The third kappa shape index (κ3) is 6.00. The second-order valence-corrected chi connectivity index (χ2v) is 8.30. The summed E-state index contributed by atoms with van der Waals surface area (Å²) >= 11 is 5.97. The highest BCUT2D eigenvalue weighted by Crippen LogP contribution is 2.35. The van der Waals surface area contributed by atoms with Crippen LogP contribution in [-0.4, -0.2) is 21.6 Å². The summed E-state index contributed by atoms with van der Waals surface area (Å²) in [6, 6.07) is 23.2. The maximum Gasteiger partial charge on any atom is 0.339 e. The van der Waals surface area contributed by atoms with E-state index < -0.39 is 39.1 Å². The molecule has 0 aromatic heterocycles. The molecule has 38 heavy (non-hydrogen) atoms. The number of hydrogen-bond acceptors (Lipinski definition) is 8. The fourth-order valence-corrected chi connectivity index (χ4v) is 3.63. The molecule has 4 rings (SSSR count). The lowest BCUT2D eigenvalue weighted by Gasteiger charge is -2.18. The summed E-state index contributed by atoms with van der Waals surface area (Å²) in [6.07, 6.45) is -1.28. The molecule has 0 saturated carbocycles. The van der Waals surface area contributed by atoms with Crippen molar-refractivity contribution in [2.24, 2.45) is 0 Å². The van der Waals surface area contributed by atoms with Crippen molar-refractivity contribution in [3.63, 3.8) is 0 Å². The normalized spacial score (nSPS) is 11.3. The summed E-state index contributed by atoms with van der Waals surface area (Å²) in [5, 5.41) is 22.8. The molecular formula is C27H17ClN2O8. The van der Waals surface area contributed by atoms with Crippen LogP contribution in [0.3, 0.4) is 0 Å². The molecule has 0 amide bonds. The lowest BCUT2D eigenvalue weighted by atomic mass is 9.99. The van der Waals surface area contributed by atoms with Crippen molar-refractivity contribution >= 4 is 34.7 Å². The SMILES string of the molecule is O=C(O[C@@H](C(=O)c1ccccc1)c1ccc(Cl)cc1)c1cccc(Oc2ccc([N+](=O)[O-])cc2[N+](=O)[O-])c1. The zero-order valence-electron chi connectivity index (χ0n) is 19.4. The van der Waals surface area contributed by atoms with Gasteiger partial charge in [0, 0.05) is 22.2 Å². The van der Waals surface area contributed by atoms with Gasteiger partial charge in [-0.15, -0.1) is 0 Å². The first-order valence-electron chi connectivity index (χ1n) is 11.0. The number of non-ortho nitro benzene ring substituents is 1. The molecule has 0 aliphatic heterocycles. The molecule has 4 aromatic rings. The van der Waals surface area contributed by atoms with Crippen LogP contribution in [0.5, 0.6) is 11.5 Å². The molecule has 0 bridgehead atoms. The second kappa shape index (κ2) is 11.3. The van der Waals surface area contributed by atoms with Gasteiger partial charge in [0.2, 0.25) is 11.5 Å². The molecule has 0 saturated heterocycles. The molecule has 190 valence electrons. The average Bonchev–Trinajstić information content (AvgIpc) is 2.92. The van der Waals surface area contributed by atoms with E-state index in [2.05, 4.69) is 0 Å². The Labute approximate surface area is 220 Å². The van der Waals surface area contributed by atoms with Crippen molar-refractivity contribution in [2.75, 3.05) is 0 Å². The van der Waals surface area contributed by atoms with Gasteiger partial charge in [-0.05, 0) is 36.4 Å². The lowest BCUT2D eigenvalue weighted by Crippen LogP contribution is -2.20. The minimum Gasteiger partial charge on any atom is -0.450 e. The number of hydrogen-bond donors (Lipinski definition) is 0. The van der Waals surface area contributed by atoms with Gasteiger partial charge in [-0.25, -0.2) is 4.79 Å². The van der Waals surface area contributed by atoms with Gasteiger partial charge in [0.25, 0.3) is 5.69 Å². The summed E-state index contributed by atoms with van der Waals surface area (Å²) in [4.78, 5) is 47.1. The highest BCUT2D eigenvalue weighted by atomic mass is 35.5. The number of ketones is 1. The number of benzene rings is 4. The number of nitro benzene ring substituents is 2. The van der Waals surface area contributed by atoms with Crippen molar-refractivity contribution in [3.8, 4) is 11.5 Å². The number of Topliss-reactive ketones (excluding diaryl/α,β-unsaturated/α-hetero) is 1. The highest BCUT2D eigenvalue weighted by Gasteiger charge is 2.27. The van der Waals surface area contributed by atoms with Crippen molar-refractivity contribution in [2.45, 2.75) is 6.10 Å². The molecule has 0 spiro atoms. The third-order valence-corrected chi connectivity index (χ3v) is 5.59. The van der Waals surface area contributed by atoms with Crippen molar-refractivity contribution in [1.29, 1.82) is 0 Å². The Morgan fingerprint density at radius 3 is 2.11 bits per heavy atom. The zero-order valence-corrected chi connectivity index (χ0v) is 20.1. The quantitative estimate of drug-likeness (QED) is 0.1000. The van der Waals surface area contributed by atoms with Crippen molar-refractivity contribution < 1.29 is 28.9 Å². The number of halogens is 1. The summed E-state index contributed by atoms with van der Waals surface area (Å²) in [5.74, 6) is -1.52. The van der Waals surface area contributed by atoms with Crippen LogP contribution in [0, 0.1) is 20.2 Å². The highest BCUT2D eigenvalue weighted by molar-refractivity contribution is 6.30. The molecule has 0 aliphatic carbocycles. The number of carbonyl (C=O) groups excluding carboxylic acids is 2. The molecule has 0 radical (unpaired) electrons. The van der Waals surface area contributed by atoms with E-state index in [0.717, 1.165) is 18.2 Å². The van der Waals surface area contributed by atoms with E-state index in [1.807, 2.05) is 0 Å². The molecule has 0 heterocycles. The van der Waals surface area contributed by atoms with E-state index in [1.54, 1.807) is 54.6 Å². The molecule has 10 nitrogen and oxygen atoms in total. The Morgan fingerprint density at radius 2 is 1.45 bits per heavy atom. The minimum absolute atomic E-state index is 0.00638. The van der Waals surface area contributed by atoms with Crippen molar-refractivity contribution in [1.82, 2.24) is 0 Å². The second-order valence-electron chi connectivity index (χ2n) is 7.86. The Kier molecular flexibility index (Phi) is 7.74. The van der Waals surface area contributed by atoms with Gasteiger partial charge in [0.15, 0.2) is 6.10 Å². The molecule has 1 atom stereocenters. The van der Waals surface area contributed by atoms with E-state index in [0.29, 0.717) is 16.1 Å². The van der Waals surface area contributed by atoms with E-state index in [-0.39, 0.29) is 17.1 Å². The number of ether oxygens (including phenoxy) is 2.